The molecule has 1 aromatic carbocycles. The molecular weight excluding hydrogens is 344 g/mol. The second kappa shape index (κ2) is 8.30. The molecule has 27 heavy (non-hydrogen) atoms. The van der Waals surface area contributed by atoms with Gasteiger partial charge in [0.25, 0.3) is 5.91 Å². The van der Waals surface area contributed by atoms with Crippen molar-refractivity contribution >= 4 is 11.8 Å². The largest absolute Gasteiger partial charge is 0.484 e. The van der Waals surface area contributed by atoms with Crippen molar-refractivity contribution in [3.63, 3.8) is 0 Å². The maximum Gasteiger partial charge on any atom is 0.260 e. The predicted molar refractivity (Wildman–Crippen MR) is 103 cm³/mol. The normalized spacial score (nSPS) is 21.5. The number of aryl methyl sites for hydroxylation is 1. The molecule has 2 saturated heterocycles. The van der Waals surface area contributed by atoms with Crippen LogP contribution in [-0.4, -0.2) is 68.1 Å². The molecule has 2 heterocycles. The fraction of sp³-hybridized carbons (Fsp3) is 0.619. The van der Waals surface area contributed by atoms with Gasteiger partial charge in [0.1, 0.15) is 5.75 Å². The van der Waals surface area contributed by atoms with E-state index >= 15 is 0 Å². The number of carbonyl (C=O) groups is 2. The van der Waals surface area contributed by atoms with Crippen LogP contribution < -0.4 is 4.74 Å². The van der Waals surface area contributed by atoms with Gasteiger partial charge >= 0.3 is 0 Å². The summed E-state index contributed by atoms with van der Waals surface area (Å²) >= 11 is 0. The van der Waals surface area contributed by atoms with Crippen LogP contribution in [-0.2, 0) is 14.3 Å². The highest BCUT2D eigenvalue weighted by molar-refractivity contribution is 5.78. The summed E-state index contributed by atoms with van der Waals surface area (Å²) in [5, 5.41) is 0. The Hall–Kier alpha value is -2.08. The van der Waals surface area contributed by atoms with Crippen molar-refractivity contribution in [2.75, 3.05) is 46.5 Å². The van der Waals surface area contributed by atoms with Gasteiger partial charge in [0, 0.05) is 46.1 Å². The Morgan fingerprint density at radius 2 is 1.81 bits per heavy atom. The van der Waals surface area contributed by atoms with Gasteiger partial charge in [-0.1, -0.05) is 17.7 Å². The van der Waals surface area contributed by atoms with Crippen molar-refractivity contribution in [1.82, 2.24) is 9.80 Å². The molecule has 3 rings (SSSR count). The zero-order valence-corrected chi connectivity index (χ0v) is 16.6. The first-order valence-electron chi connectivity index (χ1n) is 9.65. The molecule has 2 aliphatic rings. The van der Waals surface area contributed by atoms with E-state index in [9.17, 15) is 9.59 Å². The summed E-state index contributed by atoms with van der Waals surface area (Å²) in [5.41, 5.74) is 1.23. The molecule has 2 fully saturated rings. The summed E-state index contributed by atoms with van der Waals surface area (Å²) < 4.78 is 11.1. The highest BCUT2D eigenvalue weighted by Gasteiger charge is 2.49. The van der Waals surface area contributed by atoms with Crippen molar-refractivity contribution in [3.05, 3.63) is 29.8 Å². The van der Waals surface area contributed by atoms with Crippen molar-refractivity contribution in [1.29, 1.82) is 0 Å². The van der Waals surface area contributed by atoms with E-state index in [-0.39, 0.29) is 23.8 Å². The lowest BCUT2D eigenvalue weighted by atomic mass is 9.71. The molecular formula is C21H30N2O4. The number of hydrogen-bond acceptors (Lipinski definition) is 4. The third-order valence-electron chi connectivity index (χ3n) is 6.12. The van der Waals surface area contributed by atoms with Gasteiger partial charge < -0.3 is 19.3 Å². The first kappa shape index (κ1) is 19.7. The summed E-state index contributed by atoms with van der Waals surface area (Å²) in [5.74, 6) is 1.20. The van der Waals surface area contributed by atoms with Crippen molar-refractivity contribution < 1.29 is 19.1 Å². The molecule has 0 N–H and O–H groups in total. The van der Waals surface area contributed by atoms with Gasteiger partial charge in [0.15, 0.2) is 6.61 Å². The summed E-state index contributed by atoms with van der Waals surface area (Å²) in [7, 11) is 1.71. The summed E-state index contributed by atoms with van der Waals surface area (Å²) in [4.78, 5) is 28.2. The van der Waals surface area contributed by atoms with Crippen molar-refractivity contribution in [2.24, 2.45) is 11.3 Å². The van der Waals surface area contributed by atoms with Crippen LogP contribution in [0.4, 0.5) is 0 Å². The molecule has 0 aliphatic carbocycles. The van der Waals surface area contributed by atoms with Gasteiger partial charge in [-0.3, -0.25) is 9.59 Å². The lowest BCUT2D eigenvalue weighted by Crippen LogP contribution is -2.48. The summed E-state index contributed by atoms with van der Waals surface area (Å²) in [6.07, 6.45) is 1.81. The second-order valence-electron chi connectivity index (χ2n) is 7.90. The van der Waals surface area contributed by atoms with E-state index in [0.717, 1.165) is 37.2 Å². The van der Waals surface area contributed by atoms with Gasteiger partial charge in [-0.25, -0.2) is 0 Å². The van der Waals surface area contributed by atoms with E-state index in [2.05, 4.69) is 0 Å². The Bertz CT molecular complexity index is 665. The highest BCUT2D eigenvalue weighted by Crippen LogP contribution is 2.44. The van der Waals surface area contributed by atoms with Crippen LogP contribution in [0.3, 0.4) is 0 Å². The minimum atomic E-state index is 0.0233. The number of likely N-dealkylation sites (tertiary alicyclic amines) is 2. The zero-order valence-electron chi connectivity index (χ0n) is 16.6. The number of methoxy groups -OCH3 is 1. The molecule has 2 amide bonds. The van der Waals surface area contributed by atoms with Crippen LogP contribution in [0.1, 0.15) is 25.3 Å². The quantitative estimate of drug-likeness (QED) is 0.792. The molecule has 0 saturated carbocycles. The highest BCUT2D eigenvalue weighted by atomic mass is 16.5. The van der Waals surface area contributed by atoms with Gasteiger partial charge in [-0.15, -0.1) is 0 Å². The maximum atomic E-state index is 12.5. The van der Waals surface area contributed by atoms with Crippen LogP contribution in [0.2, 0.25) is 0 Å². The average molecular weight is 374 g/mol. The van der Waals surface area contributed by atoms with Gasteiger partial charge in [0.05, 0.1) is 6.61 Å². The molecule has 1 aromatic rings. The van der Waals surface area contributed by atoms with Gasteiger partial charge in [0.2, 0.25) is 5.91 Å². The van der Waals surface area contributed by atoms with E-state index < -0.39 is 0 Å². The topological polar surface area (TPSA) is 59.1 Å². The van der Waals surface area contributed by atoms with Gasteiger partial charge in [-0.2, -0.15) is 0 Å². The summed E-state index contributed by atoms with van der Waals surface area (Å²) in [6.45, 7) is 7.33. The number of rotatable bonds is 5. The minimum Gasteiger partial charge on any atom is -0.484 e. The number of ether oxygens (including phenoxy) is 2. The van der Waals surface area contributed by atoms with E-state index in [1.165, 1.54) is 0 Å². The van der Waals surface area contributed by atoms with Crippen LogP contribution in [0, 0.1) is 18.3 Å². The van der Waals surface area contributed by atoms with E-state index in [1.807, 2.05) is 41.0 Å². The van der Waals surface area contributed by atoms with Crippen LogP contribution in [0.5, 0.6) is 5.75 Å². The monoisotopic (exact) mass is 374 g/mol. The smallest absolute Gasteiger partial charge is 0.260 e. The molecule has 1 atom stereocenters. The molecule has 2 aliphatic heterocycles. The van der Waals surface area contributed by atoms with Crippen molar-refractivity contribution in [2.45, 2.75) is 26.7 Å². The van der Waals surface area contributed by atoms with Gasteiger partial charge in [-0.05, 0) is 37.3 Å². The fourth-order valence-corrected chi connectivity index (χ4v) is 4.34. The Balaban J connectivity index is 1.54. The molecule has 6 heteroatoms. The predicted octanol–water partition coefficient (Wildman–Crippen LogP) is 2.11. The van der Waals surface area contributed by atoms with E-state index in [4.69, 9.17) is 9.47 Å². The average Bonchev–Trinajstić information content (AvgIpc) is 3.00. The van der Waals surface area contributed by atoms with Crippen LogP contribution >= 0.6 is 0 Å². The molecule has 148 valence electrons. The Morgan fingerprint density at radius 1 is 1.15 bits per heavy atom. The molecule has 1 spiro atoms. The Kier molecular flexibility index (Phi) is 6.05. The standard InChI is InChI=1S/C21H30N2O4/c1-16-4-6-19(7-5-16)27-14-20(25)22-10-8-21(9-11-22)15-23(17(2)24)12-18(21)13-26-3/h4-7,18H,8-15H2,1-3H3/t18-/m0/s1. The lowest BCUT2D eigenvalue weighted by Gasteiger charge is -2.42. The third-order valence-corrected chi connectivity index (χ3v) is 6.12. The second-order valence-corrected chi connectivity index (χ2v) is 7.90. The number of benzene rings is 1. The number of hydrogen-bond donors (Lipinski definition) is 0. The van der Waals surface area contributed by atoms with Crippen LogP contribution in [0.25, 0.3) is 0 Å². The molecule has 0 bridgehead atoms. The maximum absolute atomic E-state index is 12.5. The minimum absolute atomic E-state index is 0.0233. The number of amides is 2. The van der Waals surface area contributed by atoms with Crippen molar-refractivity contribution in [3.8, 4) is 5.75 Å². The first-order valence-corrected chi connectivity index (χ1v) is 9.65. The lowest BCUT2D eigenvalue weighted by molar-refractivity contribution is -0.136. The zero-order chi connectivity index (χ0) is 19.4. The van der Waals surface area contributed by atoms with E-state index in [1.54, 1.807) is 14.0 Å². The number of nitrogens with zero attached hydrogens (tertiary/aromatic N) is 2. The number of piperidine rings is 1. The Morgan fingerprint density at radius 3 is 2.41 bits per heavy atom. The third kappa shape index (κ3) is 4.43. The molecule has 0 unspecified atom stereocenters. The SMILES string of the molecule is COC[C@@H]1CN(C(C)=O)CC12CCN(C(=O)COc1ccc(C)cc1)CC2. The number of carbonyl (C=O) groups excluding carboxylic acids is 2. The summed E-state index contributed by atoms with van der Waals surface area (Å²) in [6, 6.07) is 7.72. The molecule has 6 nitrogen and oxygen atoms in total. The fourth-order valence-electron chi connectivity index (χ4n) is 4.34. The molecule has 0 radical (unpaired) electrons. The van der Waals surface area contributed by atoms with E-state index in [0.29, 0.717) is 25.6 Å². The van der Waals surface area contributed by atoms with Crippen LogP contribution in [0.15, 0.2) is 24.3 Å². The first-order chi connectivity index (χ1) is 12.9. The molecule has 0 aromatic heterocycles. The Labute approximate surface area is 161 Å².